The Morgan fingerprint density at radius 3 is 2.67 bits per heavy atom. The second-order valence-electron chi connectivity index (χ2n) is 4.93. The van der Waals surface area contributed by atoms with E-state index in [4.69, 9.17) is 0 Å². The van der Waals surface area contributed by atoms with E-state index < -0.39 is 0 Å². The zero-order chi connectivity index (χ0) is 10.3. The van der Waals surface area contributed by atoms with Crippen LogP contribution in [0.3, 0.4) is 0 Å². The first-order valence-corrected chi connectivity index (χ1v) is 6.59. The minimum absolute atomic E-state index is 1.10. The summed E-state index contributed by atoms with van der Waals surface area (Å²) < 4.78 is 0. The molecule has 0 amide bonds. The lowest BCUT2D eigenvalue weighted by molar-refractivity contribution is 0.241. The van der Waals surface area contributed by atoms with Gasteiger partial charge in [0, 0.05) is 39.3 Å². The van der Waals surface area contributed by atoms with E-state index in [1.807, 2.05) is 0 Å². The van der Waals surface area contributed by atoms with Crippen LogP contribution in [-0.2, 0) is 0 Å². The SMILES string of the molecule is C(CNCCN1CCNCC1)CC1CC1. The number of hydrogen-bond donors (Lipinski definition) is 2. The number of hydrogen-bond acceptors (Lipinski definition) is 3. The maximum absolute atomic E-state index is 3.55. The van der Waals surface area contributed by atoms with Gasteiger partial charge in [0.25, 0.3) is 0 Å². The highest BCUT2D eigenvalue weighted by Gasteiger charge is 2.19. The number of piperazine rings is 1. The molecule has 15 heavy (non-hydrogen) atoms. The smallest absolute Gasteiger partial charge is 0.0108 e. The van der Waals surface area contributed by atoms with Crippen LogP contribution in [0.15, 0.2) is 0 Å². The van der Waals surface area contributed by atoms with E-state index in [1.165, 1.54) is 71.5 Å². The summed E-state index contributed by atoms with van der Waals surface area (Å²) in [5.74, 6) is 1.10. The molecule has 0 spiro atoms. The Balaban J connectivity index is 1.37. The van der Waals surface area contributed by atoms with E-state index >= 15 is 0 Å². The lowest BCUT2D eigenvalue weighted by atomic mass is 10.2. The van der Waals surface area contributed by atoms with Gasteiger partial charge in [0.1, 0.15) is 0 Å². The van der Waals surface area contributed by atoms with Gasteiger partial charge in [0.05, 0.1) is 0 Å². The predicted molar refractivity (Wildman–Crippen MR) is 64.1 cm³/mol. The summed E-state index contributed by atoms with van der Waals surface area (Å²) in [6, 6.07) is 0. The molecule has 1 saturated heterocycles. The van der Waals surface area contributed by atoms with Crippen LogP contribution in [0.1, 0.15) is 25.7 Å². The molecule has 0 aromatic carbocycles. The van der Waals surface area contributed by atoms with Gasteiger partial charge >= 0.3 is 0 Å². The highest BCUT2D eigenvalue weighted by Crippen LogP contribution is 2.33. The molecule has 0 atom stereocenters. The van der Waals surface area contributed by atoms with Crippen LogP contribution in [0, 0.1) is 5.92 Å². The van der Waals surface area contributed by atoms with Crippen molar-refractivity contribution in [2.75, 3.05) is 45.8 Å². The van der Waals surface area contributed by atoms with Crippen LogP contribution in [-0.4, -0.2) is 50.7 Å². The molecule has 3 heteroatoms. The first-order chi connectivity index (χ1) is 7.45. The molecule has 0 bridgehead atoms. The quantitative estimate of drug-likeness (QED) is 0.606. The minimum Gasteiger partial charge on any atom is -0.315 e. The number of nitrogens with zero attached hydrogens (tertiary/aromatic N) is 1. The fourth-order valence-corrected chi connectivity index (χ4v) is 2.22. The Bertz CT molecular complexity index is 162. The molecular weight excluding hydrogens is 186 g/mol. The van der Waals surface area contributed by atoms with Gasteiger partial charge in [-0.15, -0.1) is 0 Å². The summed E-state index contributed by atoms with van der Waals surface area (Å²) in [6.07, 6.45) is 5.84. The molecule has 1 heterocycles. The zero-order valence-corrected chi connectivity index (χ0v) is 9.80. The largest absolute Gasteiger partial charge is 0.315 e. The average Bonchev–Trinajstić information content (AvgIpc) is 3.09. The van der Waals surface area contributed by atoms with Gasteiger partial charge in [-0.2, -0.15) is 0 Å². The average molecular weight is 211 g/mol. The molecule has 1 aliphatic heterocycles. The second-order valence-corrected chi connectivity index (χ2v) is 4.93. The number of nitrogens with one attached hydrogen (secondary N) is 2. The van der Waals surface area contributed by atoms with Gasteiger partial charge in [-0.3, -0.25) is 4.90 Å². The molecule has 1 aliphatic carbocycles. The predicted octanol–water partition coefficient (Wildman–Crippen LogP) is 0.671. The molecule has 2 aliphatic rings. The van der Waals surface area contributed by atoms with Crippen molar-refractivity contribution >= 4 is 0 Å². The summed E-state index contributed by atoms with van der Waals surface area (Å²) >= 11 is 0. The first-order valence-electron chi connectivity index (χ1n) is 6.59. The fourth-order valence-electron chi connectivity index (χ4n) is 2.22. The van der Waals surface area contributed by atoms with Gasteiger partial charge < -0.3 is 10.6 Å². The van der Waals surface area contributed by atoms with Gasteiger partial charge in [-0.05, 0) is 25.3 Å². The molecule has 0 aromatic rings. The first kappa shape index (κ1) is 11.4. The van der Waals surface area contributed by atoms with Crippen molar-refractivity contribution in [3.8, 4) is 0 Å². The number of rotatable bonds is 7. The van der Waals surface area contributed by atoms with Gasteiger partial charge in [-0.25, -0.2) is 0 Å². The molecule has 2 N–H and O–H groups in total. The van der Waals surface area contributed by atoms with Crippen molar-refractivity contribution in [3.63, 3.8) is 0 Å². The van der Waals surface area contributed by atoms with Crippen molar-refractivity contribution in [1.82, 2.24) is 15.5 Å². The van der Waals surface area contributed by atoms with Crippen molar-refractivity contribution in [2.45, 2.75) is 25.7 Å². The highest BCUT2D eigenvalue weighted by molar-refractivity contribution is 4.73. The Kier molecular flexibility index (Phi) is 4.90. The van der Waals surface area contributed by atoms with Crippen molar-refractivity contribution in [1.29, 1.82) is 0 Å². The summed E-state index contributed by atoms with van der Waals surface area (Å²) in [5, 5.41) is 6.94. The monoisotopic (exact) mass is 211 g/mol. The van der Waals surface area contributed by atoms with Crippen LogP contribution in [0.2, 0.25) is 0 Å². The highest BCUT2D eigenvalue weighted by atomic mass is 15.2. The van der Waals surface area contributed by atoms with E-state index in [0.29, 0.717) is 0 Å². The zero-order valence-electron chi connectivity index (χ0n) is 9.80. The van der Waals surface area contributed by atoms with Gasteiger partial charge in [-0.1, -0.05) is 12.8 Å². The van der Waals surface area contributed by atoms with Gasteiger partial charge in [0.2, 0.25) is 0 Å². The Hall–Kier alpha value is -0.120. The summed E-state index contributed by atoms with van der Waals surface area (Å²) in [5.41, 5.74) is 0. The lowest BCUT2D eigenvalue weighted by Crippen LogP contribution is -2.45. The van der Waals surface area contributed by atoms with E-state index in [2.05, 4.69) is 15.5 Å². The Morgan fingerprint density at radius 2 is 1.93 bits per heavy atom. The van der Waals surface area contributed by atoms with Crippen LogP contribution in [0.4, 0.5) is 0 Å². The fraction of sp³-hybridized carbons (Fsp3) is 1.00. The molecule has 0 aromatic heterocycles. The van der Waals surface area contributed by atoms with E-state index in [0.717, 1.165) is 5.92 Å². The third-order valence-electron chi connectivity index (χ3n) is 3.48. The van der Waals surface area contributed by atoms with Crippen molar-refractivity contribution in [2.24, 2.45) is 5.92 Å². The van der Waals surface area contributed by atoms with Crippen LogP contribution in [0.25, 0.3) is 0 Å². The molecule has 1 saturated carbocycles. The van der Waals surface area contributed by atoms with Crippen LogP contribution < -0.4 is 10.6 Å². The standard InChI is InChI=1S/C12H25N3/c1(2-12-3-4-12)5-13-6-9-15-10-7-14-8-11-15/h12-14H,1-11H2. The topological polar surface area (TPSA) is 27.3 Å². The Morgan fingerprint density at radius 1 is 1.13 bits per heavy atom. The van der Waals surface area contributed by atoms with E-state index in [-0.39, 0.29) is 0 Å². The molecular formula is C12H25N3. The summed E-state index contributed by atoms with van der Waals surface area (Å²) in [4.78, 5) is 2.55. The molecule has 2 fully saturated rings. The molecule has 88 valence electrons. The molecule has 3 nitrogen and oxygen atoms in total. The maximum Gasteiger partial charge on any atom is 0.0108 e. The lowest BCUT2D eigenvalue weighted by Gasteiger charge is -2.27. The van der Waals surface area contributed by atoms with Crippen LogP contribution >= 0.6 is 0 Å². The molecule has 0 radical (unpaired) electrons. The second kappa shape index (κ2) is 6.46. The molecule has 2 rings (SSSR count). The maximum atomic E-state index is 3.55. The normalized spacial score (nSPS) is 23.2. The van der Waals surface area contributed by atoms with Gasteiger partial charge in [0.15, 0.2) is 0 Å². The molecule has 0 unspecified atom stereocenters. The van der Waals surface area contributed by atoms with Crippen molar-refractivity contribution < 1.29 is 0 Å². The van der Waals surface area contributed by atoms with E-state index in [1.54, 1.807) is 0 Å². The third kappa shape index (κ3) is 4.96. The minimum atomic E-state index is 1.10. The van der Waals surface area contributed by atoms with E-state index in [9.17, 15) is 0 Å². The van der Waals surface area contributed by atoms with Crippen LogP contribution in [0.5, 0.6) is 0 Å². The van der Waals surface area contributed by atoms with Crippen molar-refractivity contribution in [3.05, 3.63) is 0 Å². The summed E-state index contributed by atoms with van der Waals surface area (Å²) in [7, 11) is 0. The third-order valence-corrected chi connectivity index (χ3v) is 3.48. The summed E-state index contributed by atoms with van der Waals surface area (Å²) in [6.45, 7) is 8.41. The Labute approximate surface area is 93.6 Å².